The SMILES string of the molecule is CC(C)(C)OC(=O)N1CC[C@@H](NCc2ccccn2)[C@H](C(=O)O)C1. The number of ether oxygens (including phenoxy) is 1. The minimum Gasteiger partial charge on any atom is -0.481 e. The van der Waals surface area contributed by atoms with Crippen LogP contribution in [0.15, 0.2) is 24.4 Å². The van der Waals surface area contributed by atoms with Gasteiger partial charge in [-0.2, -0.15) is 0 Å². The van der Waals surface area contributed by atoms with E-state index in [9.17, 15) is 14.7 Å². The van der Waals surface area contributed by atoms with Crippen LogP contribution in [0.4, 0.5) is 4.79 Å². The Kier molecular flexibility index (Phi) is 5.77. The number of carboxylic acid groups (broad SMARTS) is 1. The van der Waals surface area contributed by atoms with Gasteiger partial charge in [0.1, 0.15) is 5.60 Å². The van der Waals surface area contributed by atoms with Crippen LogP contribution in [-0.4, -0.2) is 51.8 Å². The highest BCUT2D eigenvalue weighted by molar-refractivity contribution is 5.74. The van der Waals surface area contributed by atoms with E-state index in [2.05, 4.69) is 10.3 Å². The highest BCUT2D eigenvalue weighted by Gasteiger charge is 2.37. The van der Waals surface area contributed by atoms with Crippen molar-refractivity contribution >= 4 is 12.1 Å². The maximum Gasteiger partial charge on any atom is 0.410 e. The van der Waals surface area contributed by atoms with Crippen molar-refractivity contribution in [2.24, 2.45) is 5.92 Å². The first kappa shape index (κ1) is 18.2. The third-order valence-corrected chi connectivity index (χ3v) is 3.85. The molecule has 1 fully saturated rings. The van der Waals surface area contributed by atoms with Gasteiger partial charge >= 0.3 is 12.1 Å². The van der Waals surface area contributed by atoms with E-state index in [4.69, 9.17) is 4.74 Å². The van der Waals surface area contributed by atoms with Crippen molar-refractivity contribution in [3.05, 3.63) is 30.1 Å². The Morgan fingerprint density at radius 1 is 1.42 bits per heavy atom. The molecule has 0 aliphatic carbocycles. The van der Waals surface area contributed by atoms with Crippen LogP contribution in [0.3, 0.4) is 0 Å². The summed E-state index contributed by atoms with van der Waals surface area (Å²) >= 11 is 0. The van der Waals surface area contributed by atoms with Crippen molar-refractivity contribution < 1.29 is 19.4 Å². The van der Waals surface area contributed by atoms with Crippen LogP contribution in [0.5, 0.6) is 0 Å². The Labute approximate surface area is 142 Å². The molecule has 0 radical (unpaired) electrons. The molecule has 2 heterocycles. The van der Waals surface area contributed by atoms with Crippen LogP contribution in [0.25, 0.3) is 0 Å². The molecule has 0 saturated carbocycles. The van der Waals surface area contributed by atoms with E-state index < -0.39 is 23.6 Å². The minimum absolute atomic E-state index is 0.143. The second-order valence-corrected chi connectivity index (χ2v) is 6.97. The van der Waals surface area contributed by atoms with Gasteiger partial charge in [-0.1, -0.05) is 6.07 Å². The summed E-state index contributed by atoms with van der Waals surface area (Å²) in [5, 5.41) is 12.8. The van der Waals surface area contributed by atoms with E-state index in [1.807, 2.05) is 18.2 Å². The van der Waals surface area contributed by atoms with Crippen LogP contribution < -0.4 is 5.32 Å². The van der Waals surface area contributed by atoms with Gasteiger partial charge in [-0.15, -0.1) is 0 Å². The molecule has 1 aliphatic rings. The van der Waals surface area contributed by atoms with E-state index in [1.54, 1.807) is 27.0 Å². The Bertz CT molecular complexity index is 571. The highest BCUT2D eigenvalue weighted by Crippen LogP contribution is 2.20. The molecule has 2 atom stereocenters. The standard InChI is InChI=1S/C17H25N3O4/c1-17(2,3)24-16(23)20-9-7-14(13(11-20)15(21)22)19-10-12-6-4-5-8-18-12/h4-6,8,13-14,19H,7,9-11H2,1-3H3,(H,21,22)/t13-,14-/m1/s1. The maximum atomic E-state index is 12.1. The summed E-state index contributed by atoms with van der Waals surface area (Å²) in [5.41, 5.74) is 0.264. The average Bonchev–Trinajstić information content (AvgIpc) is 2.52. The van der Waals surface area contributed by atoms with E-state index in [1.165, 1.54) is 4.90 Å². The molecule has 2 N–H and O–H groups in total. The molecule has 1 amide bonds. The van der Waals surface area contributed by atoms with Crippen molar-refractivity contribution in [2.45, 2.75) is 45.4 Å². The number of aliphatic carboxylic acids is 1. The van der Waals surface area contributed by atoms with Gasteiger partial charge in [0.25, 0.3) is 0 Å². The lowest BCUT2D eigenvalue weighted by molar-refractivity contribution is -0.144. The number of aromatic nitrogens is 1. The van der Waals surface area contributed by atoms with Crippen molar-refractivity contribution in [3.63, 3.8) is 0 Å². The fourth-order valence-electron chi connectivity index (χ4n) is 2.68. The fourth-order valence-corrected chi connectivity index (χ4v) is 2.68. The zero-order valence-corrected chi connectivity index (χ0v) is 14.4. The summed E-state index contributed by atoms with van der Waals surface area (Å²) in [6, 6.07) is 5.41. The first-order valence-corrected chi connectivity index (χ1v) is 8.10. The molecule has 24 heavy (non-hydrogen) atoms. The Morgan fingerprint density at radius 2 is 2.17 bits per heavy atom. The van der Waals surface area contributed by atoms with Crippen molar-refractivity contribution in [1.82, 2.24) is 15.2 Å². The first-order chi connectivity index (χ1) is 11.3. The quantitative estimate of drug-likeness (QED) is 0.873. The molecule has 1 aromatic heterocycles. The number of likely N-dealkylation sites (tertiary alicyclic amines) is 1. The molecular formula is C17H25N3O4. The normalized spacial score (nSPS) is 21.4. The number of amides is 1. The smallest absolute Gasteiger partial charge is 0.410 e. The van der Waals surface area contributed by atoms with Crippen molar-refractivity contribution in [2.75, 3.05) is 13.1 Å². The topological polar surface area (TPSA) is 91.8 Å². The number of piperidine rings is 1. The van der Waals surface area contributed by atoms with Gasteiger partial charge in [0.15, 0.2) is 0 Å². The second kappa shape index (κ2) is 7.61. The van der Waals surface area contributed by atoms with Gasteiger partial charge in [0.05, 0.1) is 11.6 Å². The summed E-state index contributed by atoms with van der Waals surface area (Å²) < 4.78 is 5.33. The van der Waals surface area contributed by atoms with Gasteiger partial charge in [-0.3, -0.25) is 9.78 Å². The number of carbonyl (C=O) groups excluding carboxylic acids is 1. The van der Waals surface area contributed by atoms with Gasteiger partial charge in [-0.25, -0.2) is 4.79 Å². The molecule has 1 aromatic rings. The lowest BCUT2D eigenvalue weighted by Gasteiger charge is -2.37. The zero-order chi connectivity index (χ0) is 17.7. The number of carbonyl (C=O) groups is 2. The van der Waals surface area contributed by atoms with E-state index in [0.717, 1.165) is 5.69 Å². The largest absolute Gasteiger partial charge is 0.481 e. The number of hydrogen-bond donors (Lipinski definition) is 2. The Morgan fingerprint density at radius 3 is 2.75 bits per heavy atom. The predicted octanol–water partition coefficient (Wildman–Crippen LogP) is 1.88. The molecular weight excluding hydrogens is 310 g/mol. The lowest BCUT2D eigenvalue weighted by Crippen LogP contribution is -2.54. The molecule has 7 heteroatoms. The van der Waals surface area contributed by atoms with Gasteiger partial charge in [0.2, 0.25) is 0 Å². The van der Waals surface area contributed by atoms with E-state index in [-0.39, 0.29) is 12.6 Å². The second-order valence-electron chi connectivity index (χ2n) is 6.97. The molecule has 0 spiro atoms. The summed E-state index contributed by atoms with van der Waals surface area (Å²) in [6.07, 6.45) is 1.80. The van der Waals surface area contributed by atoms with Crippen LogP contribution in [-0.2, 0) is 16.1 Å². The molecule has 2 rings (SSSR count). The van der Waals surface area contributed by atoms with E-state index in [0.29, 0.717) is 19.5 Å². The van der Waals surface area contributed by atoms with Crippen molar-refractivity contribution in [3.8, 4) is 0 Å². The molecule has 132 valence electrons. The predicted molar refractivity (Wildman–Crippen MR) is 88.4 cm³/mol. The van der Waals surface area contributed by atoms with Crippen LogP contribution in [0, 0.1) is 5.92 Å². The zero-order valence-electron chi connectivity index (χ0n) is 14.4. The average molecular weight is 335 g/mol. The number of nitrogens with zero attached hydrogens (tertiary/aromatic N) is 2. The third kappa shape index (κ3) is 5.19. The molecule has 0 unspecified atom stereocenters. The number of carboxylic acids is 1. The van der Waals surface area contributed by atoms with Gasteiger partial charge < -0.3 is 20.1 Å². The minimum atomic E-state index is -0.915. The van der Waals surface area contributed by atoms with E-state index >= 15 is 0 Å². The highest BCUT2D eigenvalue weighted by atomic mass is 16.6. The summed E-state index contributed by atoms with van der Waals surface area (Å²) in [7, 11) is 0. The third-order valence-electron chi connectivity index (χ3n) is 3.85. The Balaban J connectivity index is 1.95. The maximum absolute atomic E-state index is 12.1. The number of hydrogen-bond acceptors (Lipinski definition) is 5. The summed E-state index contributed by atoms with van der Waals surface area (Å²) in [4.78, 5) is 29.4. The van der Waals surface area contributed by atoms with Crippen molar-refractivity contribution in [1.29, 1.82) is 0 Å². The number of pyridine rings is 1. The monoisotopic (exact) mass is 335 g/mol. The molecule has 1 saturated heterocycles. The molecule has 0 aromatic carbocycles. The molecule has 1 aliphatic heterocycles. The van der Waals surface area contributed by atoms with Gasteiger partial charge in [-0.05, 0) is 39.3 Å². The summed E-state index contributed by atoms with van der Waals surface area (Å²) in [5.74, 6) is -1.59. The first-order valence-electron chi connectivity index (χ1n) is 8.10. The molecule has 0 bridgehead atoms. The Hall–Kier alpha value is -2.15. The summed E-state index contributed by atoms with van der Waals surface area (Å²) in [6.45, 7) is 6.49. The fraction of sp³-hybridized carbons (Fsp3) is 0.588. The lowest BCUT2D eigenvalue weighted by atomic mass is 9.92. The number of nitrogens with one attached hydrogen (secondary N) is 1. The van der Waals surface area contributed by atoms with Gasteiger partial charge in [0, 0.05) is 31.9 Å². The van der Waals surface area contributed by atoms with Crippen LogP contribution >= 0.6 is 0 Å². The van der Waals surface area contributed by atoms with Crippen LogP contribution in [0.2, 0.25) is 0 Å². The number of rotatable bonds is 4. The van der Waals surface area contributed by atoms with Crippen LogP contribution in [0.1, 0.15) is 32.9 Å². The molecule has 7 nitrogen and oxygen atoms in total.